The van der Waals surface area contributed by atoms with E-state index < -0.39 is 0 Å². The standard InChI is InChI=1S/C27H29Cl2N7O/c1-18(2)9-10-24-32-25(23-17-30-36(26(23)33-24)22-8-4-6-20(29)16-22)34-11-13-35(14-12-34)27(37)31-21-7-3-5-19(28)15-21/h3-8,15-18H,9-14H2,1-2H3,(H,31,37). The molecule has 2 amide bonds. The molecule has 1 N–H and O–H groups in total. The third-order valence-electron chi connectivity index (χ3n) is 6.40. The van der Waals surface area contributed by atoms with Crippen LogP contribution in [0.25, 0.3) is 16.7 Å². The molecule has 0 radical (unpaired) electrons. The predicted molar refractivity (Wildman–Crippen MR) is 149 cm³/mol. The van der Waals surface area contributed by atoms with Gasteiger partial charge >= 0.3 is 6.03 Å². The van der Waals surface area contributed by atoms with Crippen LogP contribution in [0.15, 0.2) is 54.7 Å². The second kappa shape index (κ2) is 10.9. The largest absolute Gasteiger partial charge is 0.352 e. The lowest BCUT2D eigenvalue weighted by atomic mass is 10.1. The van der Waals surface area contributed by atoms with Gasteiger partial charge in [0, 0.05) is 48.3 Å². The number of urea groups is 1. The molecule has 1 aliphatic rings. The van der Waals surface area contributed by atoms with Crippen molar-refractivity contribution in [1.29, 1.82) is 0 Å². The number of piperazine rings is 1. The van der Waals surface area contributed by atoms with Crippen LogP contribution in [-0.4, -0.2) is 56.9 Å². The lowest BCUT2D eigenvalue weighted by molar-refractivity contribution is 0.208. The van der Waals surface area contributed by atoms with Gasteiger partial charge in [-0.15, -0.1) is 0 Å². The monoisotopic (exact) mass is 537 g/mol. The molecular weight excluding hydrogens is 509 g/mol. The number of hydrogen-bond acceptors (Lipinski definition) is 5. The van der Waals surface area contributed by atoms with Crippen molar-refractivity contribution in [2.45, 2.75) is 26.7 Å². The van der Waals surface area contributed by atoms with Crippen molar-refractivity contribution in [2.75, 3.05) is 36.4 Å². The number of fused-ring (bicyclic) bond motifs is 1. The molecule has 0 atom stereocenters. The quantitative estimate of drug-likeness (QED) is 0.323. The lowest BCUT2D eigenvalue weighted by Gasteiger charge is -2.35. The van der Waals surface area contributed by atoms with Gasteiger partial charge in [0.05, 0.1) is 17.3 Å². The molecule has 37 heavy (non-hydrogen) atoms. The summed E-state index contributed by atoms with van der Waals surface area (Å²) in [6, 6.07) is 14.6. The van der Waals surface area contributed by atoms with Crippen molar-refractivity contribution in [3.8, 4) is 5.69 Å². The molecule has 2 aromatic carbocycles. The summed E-state index contributed by atoms with van der Waals surface area (Å²) in [5, 5.41) is 9.68. The minimum absolute atomic E-state index is 0.138. The summed E-state index contributed by atoms with van der Waals surface area (Å²) in [6.07, 6.45) is 3.59. The smallest absolute Gasteiger partial charge is 0.321 e. The van der Waals surface area contributed by atoms with Crippen LogP contribution in [0.4, 0.5) is 16.3 Å². The van der Waals surface area contributed by atoms with E-state index in [-0.39, 0.29) is 6.03 Å². The highest BCUT2D eigenvalue weighted by Crippen LogP contribution is 2.28. The normalized spacial score (nSPS) is 14.0. The van der Waals surface area contributed by atoms with Gasteiger partial charge in [-0.2, -0.15) is 5.10 Å². The van der Waals surface area contributed by atoms with Gasteiger partial charge in [-0.1, -0.05) is 49.2 Å². The van der Waals surface area contributed by atoms with Crippen LogP contribution < -0.4 is 10.2 Å². The zero-order valence-corrected chi connectivity index (χ0v) is 22.4. The van der Waals surface area contributed by atoms with Crippen LogP contribution >= 0.6 is 23.2 Å². The van der Waals surface area contributed by atoms with E-state index in [1.54, 1.807) is 12.1 Å². The van der Waals surface area contributed by atoms with Crippen molar-refractivity contribution in [3.05, 3.63) is 70.6 Å². The molecule has 0 bridgehead atoms. The molecule has 0 aliphatic carbocycles. The number of halogens is 2. The van der Waals surface area contributed by atoms with Gasteiger partial charge in [-0.05, 0) is 48.7 Å². The zero-order valence-electron chi connectivity index (χ0n) is 20.9. The molecule has 10 heteroatoms. The number of amides is 2. The first-order valence-corrected chi connectivity index (χ1v) is 13.2. The molecule has 1 aliphatic heterocycles. The number of nitrogens with one attached hydrogen (secondary N) is 1. The predicted octanol–water partition coefficient (Wildman–Crippen LogP) is 6.07. The van der Waals surface area contributed by atoms with E-state index in [1.807, 2.05) is 52.2 Å². The highest BCUT2D eigenvalue weighted by atomic mass is 35.5. The molecule has 3 heterocycles. The van der Waals surface area contributed by atoms with E-state index >= 15 is 0 Å². The fourth-order valence-corrected chi connectivity index (χ4v) is 4.77. The maximum absolute atomic E-state index is 12.8. The van der Waals surface area contributed by atoms with Gasteiger partial charge in [-0.25, -0.2) is 19.4 Å². The number of aromatic nitrogens is 4. The fourth-order valence-electron chi connectivity index (χ4n) is 4.39. The Morgan fingerprint density at radius 3 is 2.43 bits per heavy atom. The van der Waals surface area contributed by atoms with E-state index in [4.69, 9.17) is 33.2 Å². The third-order valence-corrected chi connectivity index (χ3v) is 6.87. The second-order valence-electron chi connectivity index (χ2n) is 9.58. The zero-order chi connectivity index (χ0) is 25.9. The first-order valence-electron chi connectivity index (χ1n) is 12.4. The van der Waals surface area contributed by atoms with Crippen molar-refractivity contribution >= 4 is 51.8 Å². The Morgan fingerprint density at radius 2 is 1.73 bits per heavy atom. The Labute approximate surface area is 226 Å². The number of benzene rings is 2. The highest BCUT2D eigenvalue weighted by Gasteiger charge is 2.25. The molecule has 0 saturated carbocycles. The minimum atomic E-state index is -0.138. The summed E-state index contributed by atoms with van der Waals surface area (Å²) in [4.78, 5) is 26.7. The molecule has 0 unspecified atom stereocenters. The topological polar surface area (TPSA) is 79.2 Å². The Morgan fingerprint density at radius 1 is 1.00 bits per heavy atom. The van der Waals surface area contributed by atoms with Crippen LogP contribution in [0.1, 0.15) is 26.1 Å². The van der Waals surface area contributed by atoms with Crippen LogP contribution in [0, 0.1) is 5.92 Å². The van der Waals surface area contributed by atoms with Gasteiger partial charge in [0.25, 0.3) is 0 Å². The van der Waals surface area contributed by atoms with Crippen molar-refractivity contribution < 1.29 is 4.79 Å². The summed E-state index contributed by atoms with van der Waals surface area (Å²) in [5.41, 5.74) is 2.29. The Hall–Kier alpha value is -3.36. The number of carbonyl (C=O) groups is 1. The maximum atomic E-state index is 12.8. The van der Waals surface area contributed by atoms with Gasteiger partial charge in [0.15, 0.2) is 5.65 Å². The van der Waals surface area contributed by atoms with Gasteiger partial charge < -0.3 is 15.1 Å². The summed E-state index contributed by atoms with van der Waals surface area (Å²) in [5.74, 6) is 2.19. The van der Waals surface area contributed by atoms with E-state index in [0.717, 1.165) is 41.2 Å². The van der Waals surface area contributed by atoms with Crippen LogP contribution in [0.3, 0.4) is 0 Å². The number of rotatable bonds is 6. The molecule has 8 nitrogen and oxygen atoms in total. The summed E-state index contributed by atoms with van der Waals surface area (Å²) >= 11 is 12.3. The molecule has 5 rings (SSSR count). The summed E-state index contributed by atoms with van der Waals surface area (Å²) < 4.78 is 1.82. The molecular formula is C27H29Cl2N7O. The summed E-state index contributed by atoms with van der Waals surface area (Å²) in [6.45, 7) is 6.85. The van der Waals surface area contributed by atoms with Crippen LogP contribution in [-0.2, 0) is 6.42 Å². The number of hydrogen-bond donors (Lipinski definition) is 1. The lowest BCUT2D eigenvalue weighted by Crippen LogP contribution is -2.50. The molecule has 192 valence electrons. The fraction of sp³-hybridized carbons (Fsp3) is 0.333. The highest BCUT2D eigenvalue weighted by molar-refractivity contribution is 6.31. The first kappa shape index (κ1) is 25.3. The van der Waals surface area contributed by atoms with E-state index in [2.05, 4.69) is 29.2 Å². The first-order chi connectivity index (χ1) is 17.9. The maximum Gasteiger partial charge on any atom is 0.321 e. The van der Waals surface area contributed by atoms with Gasteiger partial charge in [0.1, 0.15) is 11.6 Å². The van der Waals surface area contributed by atoms with Gasteiger partial charge in [0.2, 0.25) is 0 Å². The van der Waals surface area contributed by atoms with E-state index in [9.17, 15) is 4.79 Å². The van der Waals surface area contributed by atoms with Crippen LogP contribution in [0.2, 0.25) is 10.0 Å². The Kier molecular flexibility index (Phi) is 7.48. The van der Waals surface area contributed by atoms with Crippen molar-refractivity contribution in [3.63, 3.8) is 0 Å². The third kappa shape index (κ3) is 5.81. The average Bonchev–Trinajstić information content (AvgIpc) is 3.31. The summed E-state index contributed by atoms with van der Waals surface area (Å²) in [7, 11) is 0. The Balaban J connectivity index is 1.39. The molecule has 1 fully saturated rings. The minimum Gasteiger partial charge on any atom is -0.352 e. The van der Waals surface area contributed by atoms with Crippen molar-refractivity contribution in [1.82, 2.24) is 24.6 Å². The van der Waals surface area contributed by atoms with Crippen LogP contribution in [0.5, 0.6) is 0 Å². The van der Waals surface area contributed by atoms with Crippen molar-refractivity contribution in [2.24, 2.45) is 5.92 Å². The van der Waals surface area contributed by atoms with Gasteiger partial charge in [-0.3, -0.25) is 0 Å². The number of anilines is 2. The molecule has 0 spiro atoms. The number of carbonyl (C=O) groups excluding carboxylic acids is 1. The molecule has 2 aromatic heterocycles. The average molecular weight is 538 g/mol. The molecule has 4 aromatic rings. The second-order valence-corrected chi connectivity index (χ2v) is 10.5. The number of aryl methyl sites for hydroxylation is 1. The SMILES string of the molecule is CC(C)CCc1nc(N2CCN(C(=O)Nc3cccc(Cl)c3)CC2)c2cnn(-c3cccc(Cl)c3)c2n1. The molecule has 1 saturated heterocycles. The van der Waals surface area contributed by atoms with E-state index in [0.29, 0.717) is 47.8 Å². The van der Waals surface area contributed by atoms with E-state index in [1.165, 1.54) is 0 Å². The number of nitrogens with zero attached hydrogens (tertiary/aromatic N) is 6. The Bertz CT molecular complexity index is 1410.